The van der Waals surface area contributed by atoms with Crippen molar-refractivity contribution in [1.29, 1.82) is 0 Å². The third kappa shape index (κ3) is 3.76. The number of benzene rings is 2. The van der Waals surface area contributed by atoms with Crippen molar-refractivity contribution < 1.29 is 4.79 Å². The molecule has 0 heterocycles. The van der Waals surface area contributed by atoms with Crippen LogP contribution in [0.2, 0.25) is 0 Å². The molecule has 2 aromatic carbocycles. The third-order valence-corrected chi connectivity index (χ3v) is 3.07. The van der Waals surface area contributed by atoms with Crippen molar-refractivity contribution in [3.05, 3.63) is 42.5 Å². The van der Waals surface area contributed by atoms with Gasteiger partial charge in [-0.25, -0.2) is 4.79 Å². The van der Waals surface area contributed by atoms with E-state index in [1.54, 1.807) is 0 Å². The first-order valence-electron chi connectivity index (χ1n) is 6.77. The first kappa shape index (κ1) is 14.0. The average molecular weight is 266 g/mol. The van der Waals surface area contributed by atoms with Gasteiger partial charge in [0.15, 0.2) is 0 Å². The highest BCUT2D eigenvalue weighted by Gasteiger charge is 2.04. The molecule has 2 N–H and O–H groups in total. The molecule has 3 nitrogen and oxygen atoms in total. The van der Waals surface area contributed by atoms with E-state index in [-0.39, 0.29) is 6.03 Å². The highest BCUT2D eigenvalue weighted by molar-refractivity contribution is 6.01. The van der Waals surface area contributed by atoms with Crippen LogP contribution in [0, 0.1) is 12.3 Å². The Labute approximate surface area is 119 Å². The number of anilines is 1. The summed E-state index contributed by atoms with van der Waals surface area (Å²) < 4.78 is 0. The topological polar surface area (TPSA) is 41.1 Å². The molecule has 20 heavy (non-hydrogen) atoms. The largest absolute Gasteiger partial charge is 0.338 e. The van der Waals surface area contributed by atoms with Gasteiger partial charge in [0, 0.05) is 18.4 Å². The molecule has 0 spiro atoms. The Kier molecular flexibility index (Phi) is 5.02. The van der Waals surface area contributed by atoms with Crippen LogP contribution in [0.4, 0.5) is 10.5 Å². The maximum absolute atomic E-state index is 11.8. The fourth-order valence-electron chi connectivity index (χ4n) is 2.05. The fourth-order valence-corrected chi connectivity index (χ4v) is 2.05. The van der Waals surface area contributed by atoms with Crippen LogP contribution < -0.4 is 10.6 Å². The number of rotatable bonds is 5. The fraction of sp³-hybridized carbons (Fsp3) is 0.235. The minimum absolute atomic E-state index is 0.179. The maximum Gasteiger partial charge on any atom is 0.319 e. The third-order valence-electron chi connectivity index (χ3n) is 3.07. The van der Waals surface area contributed by atoms with Crippen molar-refractivity contribution in [3.63, 3.8) is 0 Å². The van der Waals surface area contributed by atoms with E-state index in [9.17, 15) is 4.79 Å². The van der Waals surface area contributed by atoms with Gasteiger partial charge in [-0.05, 0) is 24.3 Å². The van der Waals surface area contributed by atoms with Crippen molar-refractivity contribution in [2.75, 3.05) is 11.9 Å². The summed E-state index contributed by atoms with van der Waals surface area (Å²) in [6.45, 7) is 0.637. The van der Waals surface area contributed by atoms with Crippen molar-refractivity contribution in [2.45, 2.75) is 19.3 Å². The number of carbonyl (C=O) groups is 1. The first-order valence-corrected chi connectivity index (χ1v) is 6.77. The predicted molar refractivity (Wildman–Crippen MR) is 83.7 cm³/mol. The van der Waals surface area contributed by atoms with Crippen LogP contribution in [0.3, 0.4) is 0 Å². The van der Waals surface area contributed by atoms with Crippen molar-refractivity contribution in [3.8, 4) is 12.3 Å². The molecule has 102 valence electrons. The normalized spacial score (nSPS) is 9.95. The van der Waals surface area contributed by atoms with Crippen LogP contribution in [0.1, 0.15) is 19.3 Å². The Morgan fingerprint density at radius 2 is 1.90 bits per heavy atom. The second kappa shape index (κ2) is 7.20. The summed E-state index contributed by atoms with van der Waals surface area (Å²) in [4.78, 5) is 11.8. The lowest BCUT2D eigenvalue weighted by Gasteiger charge is -2.09. The molecule has 0 unspecified atom stereocenters. The number of amides is 2. The SMILES string of the molecule is C#CCCCCNC(=O)Nc1cccc2ccccc12. The number of fused-ring (bicyclic) bond motifs is 1. The van der Waals surface area contributed by atoms with Gasteiger partial charge < -0.3 is 10.6 Å². The minimum Gasteiger partial charge on any atom is -0.338 e. The van der Waals surface area contributed by atoms with E-state index in [0.29, 0.717) is 6.54 Å². The number of carbonyl (C=O) groups excluding carboxylic acids is 1. The predicted octanol–water partition coefficient (Wildman–Crippen LogP) is 3.76. The lowest BCUT2D eigenvalue weighted by atomic mass is 10.1. The molecule has 0 atom stereocenters. The summed E-state index contributed by atoms with van der Waals surface area (Å²) in [5.41, 5.74) is 0.823. The van der Waals surface area contributed by atoms with Gasteiger partial charge in [-0.15, -0.1) is 12.3 Å². The smallest absolute Gasteiger partial charge is 0.319 e. The zero-order valence-corrected chi connectivity index (χ0v) is 11.4. The molecule has 2 aromatic rings. The average Bonchev–Trinajstić information content (AvgIpc) is 2.47. The quantitative estimate of drug-likeness (QED) is 0.628. The molecule has 0 radical (unpaired) electrons. The van der Waals surface area contributed by atoms with E-state index in [1.165, 1.54) is 0 Å². The number of hydrogen-bond donors (Lipinski definition) is 2. The number of hydrogen-bond acceptors (Lipinski definition) is 1. The van der Waals surface area contributed by atoms with Crippen LogP contribution >= 0.6 is 0 Å². The van der Waals surface area contributed by atoms with Crippen LogP contribution in [0.5, 0.6) is 0 Å². The lowest BCUT2D eigenvalue weighted by Crippen LogP contribution is -2.29. The first-order chi connectivity index (χ1) is 9.81. The summed E-state index contributed by atoms with van der Waals surface area (Å²) in [6.07, 6.45) is 7.76. The van der Waals surface area contributed by atoms with E-state index >= 15 is 0 Å². The second-order valence-corrected chi connectivity index (χ2v) is 4.57. The Morgan fingerprint density at radius 1 is 1.10 bits per heavy atom. The van der Waals surface area contributed by atoms with Gasteiger partial charge >= 0.3 is 6.03 Å². The van der Waals surface area contributed by atoms with Gasteiger partial charge in [0.05, 0.1) is 5.69 Å². The molecule has 3 heteroatoms. The highest BCUT2D eigenvalue weighted by atomic mass is 16.2. The van der Waals surface area contributed by atoms with Gasteiger partial charge in [-0.2, -0.15) is 0 Å². The molecule has 2 rings (SSSR count). The van der Waals surface area contributed by atoms with E-state index < -0.39 is 0 Å². The van der Waals surface area contributed by atoms with Crippen LogP contribution in [0.25, 0.3) is 10.8 Å². The van der Waals surface area contributed by atoms with E-state index in [1.807, 2.05) is 42.5 Å². The van der Waals surface area contributed by atoms with E-state index in [4.69, 9.17) is 6.42 Å². The van der Waals surface area contributed by atoms with E-state index in [2.05, 4.69) is 16.6 Å². The summed E-state index contributed by atoms with van der Waals surface area (Å²) in [7, 11) is 0. The molecule has 0 aliphatic rings. The summed E-state index contributed by atoms with van der Waals surface area (Å²) in [6, 6.07) is 13.7. The molecule has 0 aliphatic carbocycles. The Bertz CT molecular complexity index is 623. The molecule has 0 saturated carbocycles. The van der Waals surface area contributed by atoms with Crippen LogP contribution in [-0.2, 0) is 0 Å². The summed E-state index contributed by atoms with van der Waals surface area (Å²) in [5.74, 6) is 2.59. The number of terminal acetylenes is 1. The Balaban J connectivity index is 1.92. The van der Waals surface area contributed by atoms with Gasteiger partial charge in [-0.1, -0.05) is 36.4 Å². The summed E-state index contributed by atoms with van der Waals surface area (Å²) >= 11 is 0. The molecule has 0 aromatic heterocycles. The molecule has 0 fully saturated rings. The highest BCUT2D eigenvalue weighted by Crippen LogP contribution is 2.22. The molecule has 2 amide bonds. The second-order valence-electron chi connectivity index (χ2n) is 4.57. The Hall–Kier alpha value is -2.47. The van der Waals surface area contributed by atoms with E-state index in [0.717, 1.165) is 35.7 Å². The van der Waals surface area contributed by atoms with Gasteiger partial charge in [0.1, 0.15) is 0 Å². The molecule has 0 bridgehead atoms. The van der Waals surface area contributed by atoms with Gasteiger partial charge in [0.25, 0.3) is 0 Å². The monoisotopic (exact) mass is 266 g/mol. The standard InChI is InChI=1S/C17H18N2O/c1-2-3-4-7-13-18-17(20)19-16-12-8-10-14-9-5-6-11-15(14)16/h1,5-6,8-12H,3-4,7,13H2,(H2,18,19,20). The zero-order valence-electron chi connectivity index (χ0n) is 11.4. The Morgan fingerprint density at radius 3 is 2.75 bits per heavy atom. The molecule has 0 saturated heterocycles. The van der Waals surface area contributed by atoms with Gasteiger partial charge in [0.2, 0.25) is 0 Å². The molecular formula is C17H18N2O. The number of urea groups is 1. The van der Waals surface area contributed by atoms with Crippen molar-refractivity contribution >= 4 is 22.5 Å². The number of unbranched alkanes of at least 4 members (excludes halogenated alkanes) is 2. The lowest BCUT2D eigenvalue weighted by molar-refractivity contribution is 0.252. The molecule has 0 aliphatic heterocycles. The summed E-state index contributed by atoms with van der Waals surface area (Å²) in [5, 5.41) is 7.87. The van der Waals surface area contributed by atoms with Crippen molar-refractivity contribution in [1.82, 2.24) is 5.32 Å². The number of nitrogens with one attached hydrogen (secondary N) is 2. The minimum atomic E-state index is -0.179. The van der Waals surface area contributed by atoms with Crippen LogP contribution in [-0.4, -0.2) is 12.6 Å². The zero-order chi connectivity index (χ0) is 14.2. The van der Waals surface area contributed by atoms with Gasteiger partial charge in [-0.3, -0.25) is 0 Å². The maximum atomic E-state index is 11.8. The van der Waals surface area contributed by atoms with Crippen molar-refractivity contribution in [2.24, 2.45) is 0 Å². The molecular weight excluding hydrogens is 248 g/mol. The van der Waals surface area contributed by atoms with Crippen LogP contribution in [0.15, 0.2) is 42.5 Å².